The number of phenolic OH excluding ortho intramolecular Hbond substituents is 1. The number of amides is 1. The molecule has 1 atom stereocenters. The molecule has 19 heavy (non-hydrogen) atoms. The summed E-state index contributed by atoms with van der Waals surface area (Å²) in [6.45, 7) is 3.26. The van der Waals surface area contributed by atoms with Gasteiger partial charge in [0, 0.05) is 24.7 Å². The average Bonchev–Trinajstić information content (AvgIpc) is 2.38. The summed E-state index contributed by atoms with van der Waals surface area (Å²) < 4.78 is 6.23. The maximum Gasteiger partial charge on any atom is 0.257 e. The van der Waals surface area contributed by atoms with Crippen LogP contribution in [0.3, 0.4) is 0 Å². The Bertz CT molecular complexity index is 492. The maximum atomic E-state index is 12.4. The molecule has 0 unspecified atom stereocenters. The van der Waals surface area contributed by atoms with E-state index in [-0.39, 0.29) is 17.3 Å². The first kappa shape index (κ1) is 14.3. The number of carbonyl (C=O) groups is 1. The van der Waals surface area contributed by atoms with Crippen molar-refractivity contribution in [2.75, 3.05) is 20.2 Å². The minimum atomic E-state index is -0.293. The maximum absolute atomic E-state index is 12.4. The third-order valence-corrected chi connectivity index (χ3v) is 4.12. The minimum Gasteiger partial charge on any atom is -0.507 e. The first-order valence-electron chi connectivity index (χ1n) is 6.28. The Hall–Kier alpha value is -1.07. The Morgan fingerprint density at radius 2 is 2.26 bits per heavy atom. The van der Waals surface area contributed by atoms with E-state index >= 15 is 0 Å². The number of benzene rings is 1. The summed E-state index contributed by atoms with van der Waals surface area (Å²) in [4.78, 5) is 14.2. The van der Waals surface area contributed by atoms with Gasteiger partial charge in [-0.25, -0.2) is 0 Å². The molecule has 1 aromatic carbocycles. The first-order chi connectivity index (χ1) is 8.95. The van der Waals surface area contributed by atoms with Crippen LogP contribution in [-0.2, 0) is 4.74 Å². The van der Waals surface area contributed by atoms with Gasteiger partial charge in [0.05, 0.1) is 11.2 Å². The molecular formula is C14H18BrNO3. The van der Waals surface area contributed by atoms with Gasteiger partial charge >= 0.3 is 0 Å². The predicted octanol–water partition coefficient (Wildman–Crippen LogP) is 2.80. The predicted molar refractivity (Wildman–Crippen MR) is 76.4 cm³/mol. The van der Waals surface area contributed by atoms with Crippen molar-refractivity contribution in [2.45, 2.75) is 25.4 Å². The lowest BCUT2D eigenvalue weighted by Gasteiger charge is -2.39. The van der Waals surface area contributed by atoms with E-state index < -0.39 is 0 Å². The van der Waals surface area contributed by atoms with Crippen molar-refractivity contribution in [3.8, 4) is 5.75 Å². The summed E-state index contributed by atoms with van der Waals surface area (Å²) >= 11 is 3.27. The van der Waals surface area contributed by atoms with Crippen LogP contribution in [0, 0.1) is 0 Å². The van der Waals surface area contributed by atoms with Crippen LogP contribution in [0.5, 0.6) is 5.75 Å². The van der Waals surface area contributed by atoms with Gasteiger partial charge in [0.1, 0.15) is 5.75 Å². The molecule has 0 spiro atoms. The summed E-state index contributed by atoms with van der Waals surface area (Å²) in [5, 5.41) is 9.87. The standard InChI is InChI=1S/C14H18BrNO3/c1-14(19-2)6-3-7-16(9-14)13(18)11-5-4-10(15)8-12(11)17/h4-5,8,17H,3,6-7,9H2,1-2H3/t14-/m0/s1. The summed E-state index contributed by atoms with van der Waals surface area (Å²) in [7, 11) is 1.67. The number of methoxy groups -OCH3 is 1. The topological polar surface area (TPSA) is 49.8 Å². The smallest absolute Gasteiger partial charge is 0.257 e. The summed E-state index contributed by atoms with van der Waals surface area (Å²) in [5.74, 6) is -0.142. The lowest BCUT2D eigenvalue weighted by atomic mass is 9.94. The van der Waals surface area contributed by atoms with E-state index in [2.05, 4.69) is 15.9 Å². The summed E-state index contributed by atoms with van der Waals surface area (Å²) in [6.07, 6.45) is 1.85. The van der Waals surface area contributed by atoms with Gasteiger partial charge in [0.25, 0.3) is 5.91 Å². The number of carbonyl (C=O) groups excluding carboxylic acids is 1. The molecule has 5 heteroatoms. The number of halogens is 1. The Kier molecular flexibility index (Phi) is 4.16. The number of ether oxygens (including phenoxy) is 1. The van der Waals surface area contributed by atoms with Gasteiger partial charge < -0.3 is 14.7 Å². The summed E-state index contributed by atoms with van der Waals surface area (Å²) in [5.41, 5.74) is 0.0439. The van der Waals surface area contributed by atoms with E-state index in [4.69, 9.17) is 4.74 Å². The molecule has 1 heterocycles. The van der Waals surface area contributed by atoms with Crippen molar-refractivity contribution in [1.29, 1.82) is 0 Å². The number of likely N-dealkylation sites (tertiary alicyclic amines) is 1. The molecule has 1 saturated heterocycles. The molecule has 1 fully saturated rings. The number of phenols is 1. The fraction of sp³-hybridized carbons (Fsp3) is 0.500. The van der Waals surface area contributed by atoms with Gasteiger partial charge in [-0.15, -0.1) is 0 Å². The van der Waals surface area contributed by atoms with E-state index in [9.17, 15) is 9.90 Å². The molecule has 1 aliphatic rings. The van der Waals surface area contributed by atoms with Crippen LogP contribution in [0.2, 0.25) is 0 Å². The van der Waals surface area contributed by atoms with Crippen molar-refractivity contribution >= 4 is 21.8 Å². The van der Waals surface area contributed by atoms with Crippen LogP contribution < -0.4 is 0 Å². The van der Waals surface area contributed by atoms with Crippen molar-refractivity contribution in [2.24, 2.45) is 0 Å². The molecule has 1 amide bonds. The Morgan fingerprint density at radius 3 is 2.89 bits per heavy atom. The van der Waals surface area contributed by atoms with Gasteiger partial charge in [-0.2, -0.15) is 0 Å². The Labute approximate surface area is 121 Å². The fourth-order valence-electron chi connectivity index (χ4n) is 2.40. The van der Waals surface area contributed by atoms with E-state index in [1.807, 2.05) is 6.92 Å². The van der Waals surface area contributed by atoms with E-state index in [1.165, 1.54) is 6.07 Å². The molecule has 1 N–H and O–H groups in total. The summed E-state index contributed by atoms with van der Waals surface area (Å²) in [6, 6.07) is 4.93. The second kappa shape index (κ2) is 5.51. The normalized spacial score (nSPS) is 23.4. The minimum absolute atomic E-state index is 0.00377. The van der Waals surface area contributed by atoms with Gasteiger partial charge in [-0.3, -0.25) is 4.79 Å². The van der Waals surface area contributed by atoms with Crippen LogP contribution in [0.1, 0.15) is 30.1 Å². The highest BCUT2D eigenvalue weighted by Crippen LogP contribution is 2.28. The Morgan fingerprint density at radius 1 is 1.53 bits per heavy atom. The third-order valence-electron chi connectivity index (χ3n) is 3.63. The van der Waals surface area contributed by atoms with Gasteiger partial charge in [0.15, 0.2) is 0 Å². The molecule has 0 aromatic heterocycles. The highest BCUT2D eigenvalue weighted by Gasteiger charge is 2.33. The van der Waals surface area contributed by atoms with E-state index in [0.717, 1.165) is 17.3 Å². The third kappa shape index (κ3) is 3.09. The zero-order valence-electron chi connectivity index (χ0n) is 11.1. The molecule has 0 aliphatic carbocycles. The highest BCUT2D eigenvalue weighted by atomic mass is 79.9. The van der Waals surface area contributed by atoms with Crippen LogP contribution in [0.15, 0.2) is 22.7 Å². The lowest BCUT2D eigenvalue weighted by molar-refractivity contribution is -0.0440. The molecule has 104 valence electrons. The van der Waals surface area contributed by atoms with Crippen LogP contribution in [0.25, 0.3) is 0 Å². The molecule has 0 saturated carbocycles. The van der Waals surface area contributed by atoms with Gasteiger partial charge in [-0.05, 0) is 38.0 Å². The SMILES string of the molecule is CO[C@@]1(C)CCCN(C(=O)c2ccc(Br)cc2O)C1. The fourth-order valence-corrected chi connectivity index (χ4v) is 2.75. The molecule has 4 nitrogen and oxygen atoms in total. The number of piperidine rings is 1. The number of hydrogen-bond donors (Lipinski definition) is 1. The lowest BCUT2D eigenvalue weighted by Crippen LogP contribution is -2.49. The largest absolute Gasteiger partial charge is 0.507 e. The molecule has 2 rings (SSSR count). The zero-order chi connectivity index (χ0) is 14.0. The quantitative estimate of drug-likeness (QED) is 0.908. The number of nitrogens with zero attached hydrogens (tertiary/aromatic N) is 1. The second-order valence-electron chi connectivity index (χ2n) is 5.15. The number of hydrogen-bond acceptors (Lipinski definition) is 3. The molecule has 0 radical (unpaired) electrons. The van der Waals surface area contributed by atoms with Crippen LogP contribution >= 0.6 is 15.9 Å². The molecule has 0 bridgehead atoms. The van der Waals surface area contributed by atoms with Crippen molar-refractivity contribution < 1.29 is 14.6 Å². The Balaban J connectivity index is 2.19. The molecular weight excluding hydrogens is 310 g/mol. The van der Waals surface area contributed by atoms with Crippen molar-refractivity contribution in [3.05, 3.63) is 28.2 Å². The monoisotopic (exact) mass is 327 g/mol. The van der Waals surface area contributed by atoms with Crippen molar-refractivity contribution in [1.82, 2.24) is 4.90 Å². The van der Waals surface area contributed by atoms with Crippen LogP contribution in [-0.4, -0.2) is 41.7 Å². The zero-order valence-corrected chi connectivity index (χ0v) is 12.7. The number of aromatic hydroxyl groups is 1. The highest BCUT2D eigenvalue weighted by molar-refractivity contribution is 9.10. The van der Waals surface area contributed by atoms with Gasteiger partial charge in [-0.1, -0.05) is 15.9 Å². The molecule has 1 aromatic rings. The first-order valence-corrected chi connectivity index (χ1v) is 7.07. The average molecular weight is 328 g/mol. The van der Waals surface area contributed by atoms with E-state index in [0.29, 0.717) is 18.7 Å². The number of rotatable bonds is 2. The van der Waals surface area contributed by atoms with Crippen molar-refractivity contribution in [3.63, 3.8) is 0 Å². The van der Waals surface area contributed by atoms with Gasteiger partial charge in [0.2, 0.25) is 0 Å². The molecule has 1 aliphatic heterocycles. The second-order valence-corrected chi connectivity index (χ2v) is 6.06. The van der Waals surface area contributed by atoms with Crippen LogP contribution in [0.4, 0.5) is 0 Å². The van der Waals surface area contributed by atoms with E-state index in [1.54, 1.807) is 24.1 Å².